The van der Waals surface area contributed by atoms with Gasteiger partial charge in [-0.15, -0.1) is 0 Å². The monoisotopic (exact) mass is 234 g/mol. The number of nitrogens with zero attached hydrogens (tertiary/aromatic N) is 2. The molecule has 1 aromatic heterocycles. The number of hydrogen-bond donors (Lipinski definition) is 0. The first-order valence-corrected chi connectivity index (χ1v) is 5.93. The van der Waals surface area contributed by atoms with Crippen LogP contribution >= 0.6 is 11.3 Å². The lowest BCUT2D eigenvalue weighted by molar-refractivity contribution is -0.116. The van der Waals surface area contributed by atoms with Crippen LogP contribution in [0.25, 0.3) is 10.2 Å². The zero-order valence-electron chi connectivity index (χ0n) is 9.87. The molecule has 1 heterocycles. The Hall–Kier alpha value is -1.42. The van der Waals surface area contributed by atoms with Crippen molar-refractivity contribution >= 4 is 27.5 Å². The number of thiazole rings is 1. The summed E-state index contributed by atoms with van der Waals surface area (Å²) in [4.78, 5) is 15.8. The van der Waals surface area contributed by atoms with Crippen LogP contribution in [-0.2, 0) is 11.8 Å². The maximum Gasteiger partial charge on any atom is 0.245 e. The zero-order valence-corrected chi connectivity index (χ0v) is 10.7. The Balaban J connectivity index is 2.90. The molecule has 0 aliphatic carbocycles. The van der Waals surface area contributed by atoms with Crippen molar-refractivity contribution in [2.24, 2.45) is 12.0 Å². The van der Waals surface area contributed by atoms with Crippen molar-refractivity contribution in [2.45, 2.75) is 20.8 Å². The fourth-order valence-corrected chi connectivity index (χ4v) is 2.89. The lowest BCUT2D eigenvalue weighted by Crippen LogP contribution is -2.12. The van der Waals surface area contributed by atoms with Crippen molar-refractivity contribution in [3.05, 3.63) is 28.1 Å². The van der Waals surface area contributed by atoms with E-state index in [1.165, 1.54) is 28.3 Å². The van der Waals surface area contributed by atoms with Crippen molar-refractivity contribution in [3.8, 4) is 0 Å². The Morgan fingerprint density at radius 1 is 1.38 bits per heavy atom. The van der Waals surface area contributed by atoms with E-state index in [4.69, 9.17) is 0 Å². The molecule has 0 spiro atoms. The van der Waals surface area contributed by atoms with E-state index in [9.17, 15) is 4.79 Å². The summed E-state index contributed by atoms with van der Waals surface area (Å²) in [5, 5.41) is 0. The molecule has 84 valence electrons. The molecule has 0 aliphatic rings. The molecular weight excluding hydrogens is 220 g/mol. The average molecular weight is 234 g/mol. The maximum atomic E-state index is 11.0. The molecule has 0 fully saturated rings. The fourth-order valence-electron chi connectivity index (χ4n) is 1.77. The van der Waals surface area contributed by atoms with Gasteiger partial charge < -0.3 is 4.57 Å². The summed E-state index contributed by atoms with van der Waals surface area (Å²) in [7, 11) is 1.95. The maximum absolute atomic E-state index is 11.0. The predicted octanol–water partition coefficient (Wildman–Crippen LogP) is 2.30. The molecule has 1 amide bonds. The average Bonchev–Trinajstić information content (AvgIpc) is 2.50. The standard InChI is InChI=1S/C12H14N2OS/c1-7-5-6-10-11(8(7)2)14(4)12(16-10)13-9(3)15/h5-6H,1-4H3. The number of carbonyl (C=O) groups is 1. The van der Waals surface area contributed by atoms with Crippen LogP contribution in [0.4, 0.5) is 0 Å². The van der Waals surface area contributed by atoms with Gasteiger partial charge in [-0.05, 0) is 31.0 Å². The van der Waals surface area contributed by atoms with Gasteiger partial charge in [0.15, 0.2) is 4.80 Å². The highest BCUT2D eigenvalue weighted by molar-refractivity contribution is 7.16. The highest BCUT2D eigenvalue weighted by Crippen LogP contribution is 2.22. The van der Waals surface area contributed by atoms with Crippen LogP contribution in [0.3, 0.4) is 0 Å². The largest absolute Gasteiger partial charge is 0.319 e. The van der Waals surface area contributed by atoms with E-state index in [2.05, 4.69) is 31.0 Å². The van der Waals surface area contributed by atoms with Crippen molar-refractivity contribution in [1.82, 2.24) is 4.57 Å². The van der Waals surface area contributed by atoms with Gasteiger partial charge in [0.2, 0.25) is 5.91 Å². The van der Waals surface area contributed by atoms with E-state index >= 15 is 0 Å². The minimum atomic E-state index is -0.156. The van der Waals surface area contributed by atoms with Crippen LogP contribution in [-0.4, -0.2) is 10.5 Å². The van der Waals surface area contributed by atoms with Crippen LogP contribution < -0.4 is 4.80 Å². The molecule has 0 aliphatic heterocycles. The van der Waals surface area contributed by atoms with Crippen LogP contribution in [0.5, 0.6) is 0 Å². The third-order valence-electron chi connectivity index (χ3n) is 2.74. The summed E-state index contributed by atoms with van der Waals surface area (Å²) in [6.45, 7) is 5.67. The lowest BCUT2D eigenvalue weighted by Gasteiger charge is -2.03. The molecule has 0 N–H and O–H groups in total. The topological polar surface area (TPSA) is 34.4 Å². The van der Waals surface area contributed by atoms with Gasteiger partial charge in [0.1, 0.15) is 0 Å². The van der Waals surface area contributed by atoms with E-state index in [-0.39, 0.29) is 5.91 Å². The van der Waals surface area contributed by atoms with Gasteiger partial charge in [0.25, 0.3) is 0 Å². The molecule has 0 unspecified atom stereocenters. The molecule has 0 bridgehead atoms. The number of carbonyl (C=O) groups excluding carboxylic acids is 1. The second-order valence-electron chi connectivity index (χ2n) is 3.93. The third kappa shape index (κ3) is 1.69. The molecule has 0 radical (unpaired) electrons. The van der Waals surface area contributed by atoms with Crippen molar-refractivity contribution in [2.75, 3.05) is 0 Å². The van der Waals surface area contributed by atoms with Crippen molar-refractivity contribution in [1.29, 1.82) is 0 Å². The molecule has 4 heteroatoms. The van der Waals surface area contributed by atoms with Gasteiger partial charge in [-0.1, -0.05) is 17.4 Å². The Morgan fingerprint density at radius 2 is 2.06 bits per heavy atom. The molecule has 0 saturated heterocycles. The number of aromatic nitrogens is 1. The second kappa shape index (κ2) is 3.87. The highest BCUT2D eigenvalue weighted by Gasteiger charge is 2.07. The summed E-state index contributed by atoms with van der Waals surface area (Å²) >= 11 is 1.55. The summed E-state index contributed by atoms with van der Waals surface area (Å²) in [6, 6.07) is 4.19. The molecule has 3 nitrogen and oxygen atoms in total. The number of amides is 1. The van der Waals surface area contributed by atoms with E-state index in [0.717, 1.165) is 4.80 Å². The zero-order chi connectivity index (χ0) is 11.9. The lowest BCUT2D eigenvalue weighted by atomic mass is 10.1. The van der Waals surface area contributed by atoms with Gasteiger partial charge in [-0.25, -0.2) is 0 Å². The normalized spacial score (nSPS) is 12.4. The summed E-state index contributed by atoms with van der Waals surface area (Å²) in [6.07, 6.45) is 0. The highest BCUT2D eigenvalue weighted by atomic mass is 32.1. The number of rotatable bonds is 0. The SMILES string of the molecule is CC(=O)N=c1sc2ccc(C)c(C)c2n1C. The summed E-state index contributed by atoms with van der Waals surface area (Å²) < 4.78 is 3.16. The van der Waals surface area contributed by atoms with Crippen LogP contribution in [0, 0.1) is 13.8 Å². The molecule has 0 atom stereocenters. The Bertz CT molecular complexity index is 634. The number of benzene rings is 1. The molecule has 2 rings (SSSR count). The second-order valence-corrected chi connectivity index (χ2v) is 4.94. The Morgan fingerprint density at radius 3 is 2.69 bits per heavy atom. The molecule has 16 heavy (non-hydrogen) atoms. The van der Waals surface area contributed by atoms with Gasteiger partial charge in [0, 0.05) is 14.0 Å². The molecular formula is C12H14N2OS. The third-order valence-corrected chi connectivity index (χ3v) is 3.84. The van der Waals surface area contributed by atoms with Crippen molar-refractivity contribution < 1.29 is 4.79 Å². The first kappa shape index (κ1) is 11.1. The number of hydrogen-bond acceptors (Lipinski definition) is 2. The van der Waals surface area contributed by atoms with E-state index < -0.39 is 0 Å². The van der Waals surface area contributed by atoms with E-state index in [1.54, 1.807) is 11.3 Å². The van der Waals surface area contributed by atoms with Gasteiger partial charge in [-0.3, -0.25) is 4.79 Å². The quantitative estimate of drug-likeness (QED) is 0.688. The first-order chi connectivity index (χ1) is 7.50. The van der Waals surface area contributed by atoms with Crippen LogP contribution in [0.15, 0.2) is 17.1 Å². The van der Waals surface area contributed by atoms with Crippen LogP contribution in [0.1, 0.15) is 18.1 Å². The van der Waals surface area contributed by atoms with E-state index in [0.29, 0.717) is 0 Å². The Kier molecular flexibility index (Phi) is 2.68. The van der Waals surface area contributed by atoms with Crippen LogP contribution in [0.2, 0.25) is 0 Å². The fraction of sp³-hybridized carbons (Fsp3) is 0.333. The predicted molar refractivity (Wildman–Crippen MR) is 66.5 cm³/mol. The number of aryl methyl sites for hydroxylation is 3. The molecule has 0 saturated carbocycles. The van der Waals surface area contributed by atoms with Gasteiger partial charge in [0.05, 0.1) is 10.2 Å². The summed E-state index contributed by atoms with van der Waals surface area (Å²) in [5.74, 6) is -0.156. The van der Waals surface area contributed by atoms with Gasteiger partial charge >= 0.3 is 0 Å². The minimum Gasteiger partial charge on any atom is -0.319 e. The Labute approximate surface area is 98.1 Å². The van der Waals surface area contributed by atoms with E-state index in [1.807, 2.05) is 11.6 Å². The van der Waals surface area contributed by atoms with Gasteiger partial charge in [-0.2, -0.15) is 4.99 Å². The first-order valence-electron chi connectivity index (χ1n) is 5.11. The van der Waals surface area contributed by atoms with Crippen molar-refractivity contribution in [3.63, 3.8) is 0 Å². The summed E-state index contributed by atoms with van der Waals surface area (Å²) in [5.41, 5.74) is 3.68. The molecule has 1 aromatic carbocycles. The minimum absolute atomic E-state index is 0.156. The molecule has 2 aromatic rings. The smallest absolute Gasteiger partial charge is 0.245 e. The number of fused-ring (bicyclic) bond motifs is 1.